The summed E-state index contributed by atoms with van der Waals surface area (Å²) in [7, 11) is 1.60. The number of nitrogens with one attached hydrogen (secondary N) is 1. The Morgan fingerprint density at radius 2 is 2.27 bits per heavy atom. The number of methoxy groups -OCH3 is 1. The molecular formula is C11H17N3O. The number of hydrogen-bond donors (Lipinski definition) is 1. The van der Waals surface area contributed by atoms with Gasteiger partial charge in [0, 0.05) is 18.5 Å². The van der Waals surface area contributed by atoms with Crippen molar-refractivity contribution in [2.24, 2.45) is 0 Å². The van der Waals surface area contributed by atoms with Gasteiger partial charge in [0.05, 0.1) is 7.11 Å². The first-order valence-corrected chi connectivity index (χ1v) is 4.95. The van der Waals surface area contributed by atoms with Gasteiger partial charge in [0.1, 0.15) is 11.6 Å². The molecule has 0 spiro atoms. The number of ether oxygens (including phenoxy) is 1. The zero-order chi connectivity index (χ0) is 11.3. The van der Waals surface area contributed by atoms with E-state index in [2.05, 4.69) is 21.9 Å². The molecule has 4 heteroatoms. The van der Waals surface area contributed by atoms with Gasteiger partial charge in [-0.25, -0.2) is 4.98 Å². The average molecular weight is 207 g/mol. The molecule has 0 atom stereocenters. The van der Waals surface area contributed by atoms with Crippen LogP contribution in [0, 0.1) is 0 Å². The molecule has 0 aromatic carbocycles. The van der Waals surface area contributed by atoms with E-state index in [0.29, 0.717) is 12.4 Å². The lowest BCUT2D eigenvalue weighted by molar-refractivity contribution is 0.394. The first-order chi connectivity index (χ1) is 7.17. The van der Waals surface area contributed by atoms with Crippen molar-refractivity contribution in [1.29, 1.82) is 0 Å². The van der Waals surface area contributed by atoms with Crippen LogP contribution in [0.3, 0.4) is 0 Å². The molecule has 0 aliphatic heterocycles. The Morgan fingerprint density at radius 1 is 1.53 bits per heavy atom. The van der Waals surface area contributed by atoms with E-state index in [4.69, 9.17) is 4.74 Å². The smallest absolute Gasteiger partial charge is 0.218 e. The summed E-state index contributed by atoms with van der Waals surface area (Å²) in [6.45, 7) is 8.41. The molecule has 4 nitrogen and oxygen atoms in total. The van der Waals surface area contributed by atoms with Crippen molar-refractivity contribution in [3.05, 3.63) is 24.5 Å². The van der Waals surface area contributed by atoms with Gasteiger partial charge in [-0.15, -0.1) is 6.58 Å². The van der Waals surface area contributed by atoms with Gasteiger partial charge in [-0.2, -0.15) is 4.98 Å². The Balaban J connectivity index is 2.94. The van der Waals surface area contributed by atoms with Crippen molar-refractivity contribution in [1.82, 2.24) is 9.97 Å². The second-order valence-electron chi connectivity index (χ2n) is 3.48. The van der Waals surface area contributed by atoms with Gasteiger partial charge in [-0.05, 0) is 0 Å². The molecule has 0 aliphatic carbocycles. The SMILES string of the molecule is C=CCNc1cc(OC)nc(C(C)C)n1. The Hall–Kier alpha value is -1.58. The van der Waals surface area contributed by atoms with E-state index in [-0.39, 0.29) is 5.92 Å². The van der Waals surface area contributed by atoms with Crippen molar-refractivity contribution in [3.63, 3.8) is 0 Å². The Kier molecular flexibility index (Phi) is 4.09. The van der Waals surface area contributed by atoms with Crippen LogP contribution in [0.4, 0.5) is 5.82 Å². The maximum Gasteiger partial charge on any atom is 0.218 e. The van der Waals surface area contributed by atoms with Gasteiger partial charge in [0.15, 0.2) is 0 Å². The third kappa shape index (κ3) is 3.23. The van der Waals surface area contributed by atoms with Crippen molar-refractivity contribution in [2.45, 2.75) is 19.8 Å². The van der Waals surface area contributed by atoms with Crippen LogP contribution in [0.15, 0.2) is 18.7 Å². The molecule has 0 fully saturated rings. The highest BCUT2D eigenvalue weighted by atomic mass is 16.5. The number of nitrogens with zero attached hydrogens (tertiary/aromatic N) is 2. The van der Waals surface area contributed by atoms with E-state index in [1.807, 2.05) is 13.8 Å². The van der Waals surface area contributed by atoms with E-state index in [1.165, 1.54) is 0 Å². The minimum Gasteiger partial charge on any atom is -0.481 e. The minimum atomic E-state index is 0.282. The summed E-state index contributed by atoms with van der Waals surface area (Å²) in [6.07, 6.45) is 1.78. The summed E-state index contributed by atoms with van der Waals surface area (Å²) in [6, 6.07) is 1.77. The van der Waals surface area contributed by atoms with Crippen LogP contribution in [0.5, 0.6) is 5.88 Å². The van der Waals surface area contributed by atoms with E-state index in [0.717, 1.165) is 11.6 Å². The highest BCUT2D eigenvalue weighted by molar-refractivity contribution is 5.39. The molecule has 1 rings (SSSR count). The van der Waals surface area contributed by atoms with E-state index < -0.39 is 0 Å². The van der Waals surface area contributed by atoms with Crippen LogP contribution in [0.1, 0.15) is 25.6 Å². The topological polar surface area (TPSA) is 47.0 Å². The van der Waals surface area contributed by atoms with E-state index >= 15 is 0 Å². The van der Waals surface area contributed by atoms with Crippen LogP contribution in [0.2, 0.25) is 0 Å². The van der Waals surface area contributed by atoms with Crippen molar-refractivity contribution >= 4 is 5.82 Å². The van der Waals surface area contributed by atoms with Crippen LogP contribution in [-0.2, 0) is 0 Å². The number of hydrogen-bond acceptors (Lipinski definition) is 4. The molecule has 0 amide bonds. The van der Waals surface area contributed by atoms with E-state index in [9.17, 15) is 0 Å². The van der Waals surface area contributed by atoms with Crippen molar-refractivity contribution in [3.8, 4) is 5.88 Å². The normalized spacial score (nSPS) is 10.1. The number of aromatic nitrogens is 2. The highest BCUT2D eigenvalue weighted by Crippen LogP contribution is 2.17. The summed E-state index contributed by atoms with van der Waals surface area (Å²) < 4.78 is 5.11. The highest BCUT2D eigenvalue weighted by Gasteiger charge is 2.07. The fraction of sp³-hybridized carbons (Fsp3) is 0.455. The zero-order valence-electron chi connectivity index (χ0n) is 9.45. The molecule has 0 saturated heterocycles. The second-order valence-corrected chi connectivity index (χ2v) is 3.48. The van der Waals surface area contributed by atoms with Crippen LogP contribution < -0.4 is 10.1 Å². The van der Waals surface area contributed by atoms with Gasteiger partial charge in [0.2, 0.25) is 5.88 Å². The monoisotopic (exact) mass is 207 g/mol. The minimum absolute atomic E-state index is 0.282. The standard InChI is InChI=1S/C11H17N3O/c1-5-6-12-9-7-10(15-4)14-11(13-9)8(2)3/h5,7-8H,1,6H2,2-4H3,(H,12,13,14). The van der Waals surface area contributed by atoms with Gasteiger partial charge in [0.25, 0.3) is 0 Å². The lowest BCUT2D eigenvalue weighted by Crippen LogP contribution is -2.06. The summed E-state index contributed by atoms with van der Waals surface area (Å²) >= 11 is 0. The van der Waals surface area contributed by atoms with Gasteiger partial charge >= 0.3 is 0 Å². The summed E-state index contributed by atoms with van der Waals surface area (Å²) in [5.74, 6) is 2.41. The average Bonchev–Trinajstić information content (AvgIpc) is 2.25. The first kappa shape index (κ1) is 11.5. The summed E-state index contributed by atoms with van der Waals surface area (Å²) in [5, 5.41) is 3.12. The molecule has 1 aromatic heterocycles. The summed E-state index contributed by atoms with van der Waals surface area (Å²) in [4.78, 5) is 8.63. The number of anilines is 1. The van der Waals surface area contributed by atoms with Crippen molar-refractivity contribution < 1.29 is 4.74 Å². The van der Waals surface area contributed by atoms with Gasteiger partial charge in [-0.1, -0.05) is 19.9 Å². The maximum atomic E-state index is 5.11. The molecule has 0 aliphatic rings. The van der Waals surface area contributed by atoms with Crippen molar-refractivity contribution in [2.75, 3.05) is 19.0 Å². The quantitative estimate of drug-likeness (QED) is 0.752. The van der Waals surface area contributed by atoms with Gasteiger partial charge < -0.3 is 10.1 Å². The Labute approximate surface area is 90.4 Å². The molecule has 1 aromatic rings. The van der Waals surface area contributed by atoms with Gasteiger partial charge in [-0.3, -0.25) is 0 Å². The Morgan fingerprint density at radius 3 is 2.80 bits per heavy atom. The second kappa shape index (κ2) is 5.34. The molecule has 0 unspecified atom stereocenters. The third-order valence-corrected chi connectivity index (χ3v) is 1.87. The first-order valence-electron chi connectivity index (χ1n) is 4.95. The third-order valence-electron chi connectivity index (χ3n) is 1.87. The number of rotatable bonds is 5. The van der Waals surface area contributed by atoms with Crippen LogP contribution in [0.25, 0.3) is 0 Å². The molecular weight excluding hydrogens is 190 g/mol. The van der Waals surface area contributed by atoms with E-state index in [1.54, 1.807) is 19.3 Å². The lowest BCUT2D eigenvalue weighted by atomic mass is 10.2. The molecule has 0 radical (unpaired) electrons. The molecule has 15 heavy (non-hydrogen) atoms. The van der Waals surface area contributed by atoms with Crippen LogP contribution >= 0.6 is 0 Å². The molecule has 82 valence electrons. The predicted octanol–water partition coefficient (Wildman–Crippen LogP) is 2.21. The molecule has 1 heterocycles. The lowest BCUT2D eigenvalue weighted by Gasteiger charge is -2.09. The fourth-order valence-electron chi connectivity index (χ4n) is 1.07. The molecule has 0 bridgehead atoms. The molecule has 0 saturated carbocycles. The zero-order valence-corrected chi connectivity index (χ0v) is 9.45. The fourth-order valence-corrected chi connectivity index (χ4v) is 1.07. The Bertz CT molecular complexity index is 337. The maximum absolute atomic E-state index is 5.11. The van der Waals surface area contributed by atoms with Crippen LogP contribution in [-0.4, -0.2) is 23.6 Å². The predicted molar refractivity (Wildman–Crippen MR) is 61.4 cm³/mol. The summed E-state index contributed by atoms with van der Waals surface area (Å²) in [5.41, 5.74) is 0. The molecule has 1 N–H and O–H groups in total. The largest absolute Gasteiger partial charge is 0.481 e.